The van der Waals surface area contributed by atoms with Crippen molar-refractivity contribution < 1.29 is 8.42 Å². The predicted octanol–water partition coefficient (Wildman–Crippen LogP) is 2.38. The molecule has 0 unspecified atom stereocenters. The Morgan fingerprint density at radius 3 is 2.71 bits per heavy atom. The van der Waals surface area contributed by atoms with Crippen LogP contribution < -0.4 is 4.72 Å². The van der Waals surface area contributed by atoms with Crippen molar-refractivity contribution in [2.45, 2.75) is 18.7 Å². The maximum Gasteiger partial charge on any atom is 0.262 e. The second kappa shape index (κ2) is 4.85. The van der Waals surface area contributed by atoms with E-state index in [-0.39, 0.29) is 4.90 Å². The Labute approximate surface area is 122 Å². The van der Waals surface area contributed by atoms with Crippen LogP contribution in [0.3, 0.4) is 0 Å². The van der Waals surface area contributed by atoms with E-state index < -0.39 is 10.0 Å². The minimum atomic E-state index is -3.64. The number of hydrogen-bond donors (Lipinski definition) is 2. The van der Waals surface area contributed by atoms with E-state index in [1.54, 1.807) is 25.1 Å². The number of aromatic nitrogens is 3. The summed E-state index contributed by atoms with van der Waals surface area (Å²) in [5.41, 5.74) is 3.34. The van der Waals surface area contributed by atoms with E-state index in [1.807, 2.05) is 13.0 Å². The van der Waals surface area contributed by atoms with Gasteiger partial charge in [-0.2, -0.15) is 0 Å². The number of pyridine rings is 1. The number of sulfonamides is 1. The maximum atomic E-state index is 12.4. The number of benzene rings is 1. The summed E-state index contributed by atoms with van der Waals surface area (Å²) in [6.45, 7) is 3.70. The molecule has 0 aliphatic rings. The van der Waals surface area contributed by atoms with E-state index >= 15 is 0 Å². The number of nitrogens with zero attached hydrogens (tertiary/aromatic N) is 2. The monoisotopic (exact) mass is 302 g/mol. The molecule has 3 rings (SSSR count). The Kier molecular flexibility index (Phi) is 3.13. The Morgan fingerprint density at radius 2 is 1.95 bits per heavy atom. The first-order valence-electron chi connectivity index (χ1n) is 6.35. The molecule has 0 amide bonds. The summed E-state index contributed by atoms with van der Waals surface area (Å²) in [7, 11) is -3.64. The van der Waals surface area contributed by atoms with Crippen LogP contribution in [0.4, 0.5) is 5.69 Å². The molecular formula is C14H14N4O2S. The van der Waals surface area contributed by atoms with Crippen LogP contribution in [-0.2, 0) is 10.0 Å². The summed E-state index contributed by atoms with van der Waals surface area (Å²) < 4.78 is 27.4. The second-order valence-electron chi connectivity index (χ2n) is 4.87. The fraction of sp³-hybridized carbons (Fsp3) is 0.143. The van der Waals surface area contributed by atoms with Crippen molar-refractivity contribution >= 4 is 26.9 Å². The molecule has 1 aromatic carbocycles. The molecular weight excluding hydrogens is 288 g/mol. The first-order chi connectivity index (χ1) is 9.95. The minimum Gasteiger partial charge on any atom is -0.343 e. The van der Waals surface area contributed by atoms with Crippen LogP contribution in [-0.4, -0.2) is 23.4 Å². The molecule has 2 N–H and O–H groups in total. The van der Waals surface area contributed by atoms with Crippen LogP contribution in [0.15, 0.2) is 41.7 Å². The average Bonchev–Trinajstić information content (AvgIpc) is 2.85. The number of fused-ring (bicyclic) bond motifs is 1. The van der Waals surface area contributed by atoms with Crippen molar-refractivity contribution in [1.29, 1.82) is 0 Å². The summed E-state index contributed by atoms with van der Waals surface area (Å²) in [6.07, 6.45) is 2.96. The molecule has 2 heterocycles. The van der Waals surface area contributed by atoms with Crippen molar-refractivity contribution in [2.75, 3.05) is 4.72 Å². The van der Waals surface area contributed by atoms with E-state index in [1.165, 1.54) is 12.5 Å². The lowest BCUT2D eigenvalue weighted by atomic mass is 10.2. The molecule has 0 atom stereocenters. The molecule has 21 heavy (non-hydrogen) atoms. The van der Waals surface area contributed by atoms with E-state index in [2.05, 4.69) is 19.7 Å². The van der Waals surface area contributed by atoms with Gasteiger partial charge in [0.05, 0.1) is 28.6 Å². The number of hydrogen-bond acceptors (Lipinski definition) is 4. The zero-order valence-corrected chi connectivity index (χ0v) is 12.4. The van der Waals surface area contributed by atoms with Crippen LogP contribution in [0.2, 0.25) is 0 Å². The third kappa shape index (κ3) is 2.59. The third-order valence-corrected chi connectivity index (χ3v) is 4.69. The highest BCUT2D eigenvalue weighted by Gasteiger charge is 2.17. The number of rotatable bonds is 3. The number of H-pyrrole nitrogens is 1. The van der Waals surface area contributed by atoms with Crippen molar-refractivity contribution in [3.8, 4) is 0 Å². The highest BCUT2D eigenvalue weighted by Crippen LogP contribution is 2.21. The van der Waals surface area contributed by atoms with E-state index in [0.29, 0.717) is 22.4 Å². The van der Waals surface area contributed by atoms with Crippen LogP contribution in [0.25, 0.3) is 11.2 Å². The third-order valence-electron chi connectivity index (χ3n) is 3.15. The molecule has 0 saturated heterocycles. The van der Waals surface area contributed by atoms with Gasteiger partial charge in [0.15, 0.2) is 5.65 Å². The molecule has 0 bridgehead atoms. The molecule has 7 heteroatoms. The highest BCUT2D eigenvalue weighted by molar-refractivity contribution is 7.92. The lowest BCUT2D eigenvalue weighted by Crippen LogP contribution is -2.14. The van der Waals surface area contributed by atoms with E-state index in [0.717, 1.165) is 5.56 Å². The van der Waals surface area contributed by atoms with Gasteiger partial charge in [0, 0.05) is 0 Å². The maximum absolute atomic E-state index is 12.4. The largest absolute Gasteiger partial charge is 0.343 e. The van der Waals surface area contributed by atoms with Gasteiger partial charge >= 0.3 is 0 Å². The standard InChI is InChI=1S/C14H14N4O2S/c1-9-3-4-13(10(2)5-9)21(19,20)18-11-6-12-14(15-7-11)17-8-16-12/h3-8,18H,1-2H3,(H,15,16,17). The average molecular weight is 302 g/mol. The molecule has 0 aliphatic heterocycles. The Hall–Kier alpha value is -2.41. The van der Waals surface area contributed by atoms with Gasteiger partial charge < -0.3 is 4.98 Å². The topological polar surface area (TPSA) is 87.7 Å². The van der Waals surface area contributed by atoms with E-state index in [4.69, 9.17) is 0 Å². The van der Waals surface area contributed by atoms with Crippen LogP contribution >= 0.6 is 0 Å². The number of anilines is 1. The SMILES string of the molecule is Cc1ccc(S(=O)(=O)Nc2cnc3nc[nH]c3c2)c(C)c1. The second-order valence-corrected chi connectivity index (χ2v) is 6.52. The van der Waals surface area contributed by atoms with Crippen molar-refractivity contribution in [1.82, 2.24) is 15.0 Å². The highest BCUT2D eigenvalue weighted by atomic mass is 32.2. The first kappa shape index (κ1) is 13.6. The van der Waals surface area contributed by atoms with Crippen molar-refractivity contribution in [3.05, 3.63) is 47.9 Å². The lowest BCUT2D eigenvalue weighted by Gasteiger charge is -2.10. The lowest BCUT2D eigenvalue weighted by molar-refractivity contribution is 0.600. The van der Waals surface area contributed by atoms with Gasteiger partial charge in [0.1, 0.15) is 0 Å². The first-order valence-corrected chi connectivity index (χ1v) is 7.83. The summed E-state index contributed by atoms with van der Waals surface area (Å²) in [5.74, 6) is 0. The van der Waals surface area contributed by atoms with Gasteiger partial charge in [0.25, 0.3) is 10.0 Å². The quantitative estimate of drug-likeness (QED) is 0.777. The van der Waals surface area contributed by atoms with Crippen LogP contribution in [0.1, 0.15) is 11.1 Å². The van der Waals surface area contributed by atoms with Crippen molar-refractivity contribution in [3.63, 3.8) is 0 Å². The molecule has 2 aromatic heterocycles. The molecule has 0 radical (unpaired) electrons. The minimum absolute atomic E-state index is 0.262. The number of imidazole rings is 1. The van der Waals surface area contributed by atoms with Gasteiger partial charge in [-0.1, -0.05) is 17.7 Å². The predicted molar refractivity (Wildman–Crippen MR) is 80.6 cm³/mol. The Bertz CT molecular complexity index is 916. The smallest absolute Gasteiger partial charge is 0.262 e. The molecule has 0 aliphatic carbocycles. The van der Waals surface area contributed by atoms with E-state index in [9.17, 15) is 8.42 Å². The number of nitrogens with one attached hydrogen (secondary N) is 2. The van der Waals surface area contributed by atoms with Crippen LogP contribution in [0.5, 0.6) is 0 Å². The zero-order valence-electron chi connectivity index (χ0n) is 11.6. The van der Waals surface area contributed by atoms with Gasteiger partial charge in [-0.25, -0.2) is 18.4 Å². The molecule has 0 fully saturated rings. The number of aryl methyl sites for hydroxylation is 2. The Balaban J connectivity index is 1.98. The van der Waals surface area contributed by atoms with Gasteiger partial charge in [-0.05, 0) is 31.5 Å². The van der Waals surface area contributed by atoms with Gasteiger partial charge in [-0.3, -0.25) is 4.72 Å². The fourth-order valence-corrected chi connectivity index (χ4v) is 3.46. The Morgan fingerprint density at radius 1 is 1.14 bits per heavy atom. The van der Waals surface area contributed by atoms with Gasteiger partial charge in [0.2, 0.25) is 0 Å². The van der Waals surface area contributed by atoms with Crippen LogP contribution in [0, 0.1) is 13.8 Å². The van der Waals surface area contributed by atoms with Gasteiger partial charge in [-0.15, -0.1) is 0 Å². The molecule has 6 nitrogen and oxygen atoms in total. The van der Waals surface area contributed by atoms with Crippen molar-refractivity contribution in [2.24, 2.45) is 0 Å². The zero-order chi connectivity index (χ0) is 15.0. The summed E-state index contributed by atoms with van der Waals surface area (Å²) >= 11 is 0. The number of aromatic amines is 1. The molecule has 0 spiro atoms. The molecule has 0 saturated carbocycles. The summed E-state index contributed by atoms with van der Waals surface area (Å²) in [4.78, 5) is 11.2. The fourth-order valence-electron chi connectivity index (χ4n) is 2.20. The summed E-state index contributed by atoms with van der Waals surface area (Å²) in [5, 5.41) is 0. The molecule has 3 aromatic rings. The summed E-state index contributed by atoms with van der Waals surface area (Å²) in [6, 6.07) is 6.88. The normalized spacial score (nSPS) is 11.7. The molecule has 108 valence electrons.